The maximum atomic E-state index is 12.3. The first-order chi connectivity index (χ1) is 11.6. The monoisotopic (exact) mass is 326 g/mol. The summed E-state index contributed by atoms with van der Waals surface area (Å²) in [6, 6.07) is 14.2. The van der Waals surface area contributed by atoms with Crippen LogP contribution in [0.5, 0.6) is 5.75 Å². The average Bonchev–Trinajstić information content (AvgIpc) is 3.40. The van der Waals surface area contributed by atoms with Crippen LogP contribution >= 0.6 is 0 Å². The minimum Gasteiger partial charge on any atom is -0.497 e. The van der Waals surface area contributed by atoms with Gasteiger partial charge in [0, 0.05) is 24.1 Å². The Morgan fingerprint density at radius 3 is 2.62 bits per heavy atom. The summed E-state index contributed by atoms with van der Waals surface area (Å²) < 4.78 is 5.13. The Balaban J connectivity index is 1.58. The molecule has 6 nitrogen and oxygen atoms in total. The van der Waals surface area contributed by atoms with E-state index in [1.165, 1.54) is 6.07 Å². The topological polar surface area (TPSA) is 81.5 Å². The highest BCUT2D eigenvalue weighted by molar-refractivity contribution is 5.83. The van der Waals surface area contributed by atoms with Crippen molar-refractivity contribution in [1.29, 1.82) is 0 Å². The van der Waals surface area contributed by atoms with Gasteiger partial charge >= 0.3 is 0 Å². The Hall–Kier alpha value is -2.89. The lowest BCUT2D eigenvalue weighted by Gasteiger charge is -2.06. The molecule has 0 heterocycles. The number of benzene rings is 2. The van der Waals surface area contributed by atoms with Crippen LogP contribution in [0.15, 0.2) is 48.5 Å². The van der Waals surface area contributed by atoms with Crippen LogP contribution in [-0.2, 0) is 11.3 Å². The zero-order valence-electron chi connectivity index (χ0n) is 13.3. The predicted octanol–water partition coefficient (Wildman–Crippen LogP) is 3.02. The van der Waals surface area contributed by atoms with Crippen molar-refractivity contribution in [3.8, 4) is 5.75 Å². The molecule has 1 fully saturated rings. The molecule has 24 heavy (non-hydrogen) atoms. The van der Waals surface area contributed by atoms with Crippen LogP contribution in [0.1, 0.15) is 23.5 Å². The van der Waals surface area contributed by atoms with Crippen molar-refractivity contribution in [2.24, 2.45) is 5.92 Å². The average molecular weight is 326 g/mol. The highest BCUT2D eigenvalue weighted by atomic mass is 16.6. The molecule has 1 N–H and O–H groups in total. The second-order valence-corrected chi connectivity index (χ2v) is 5.83. The number of ether oxygens (including phenoxy) is 1. The van der Waals surface area contributed by atoms with E-state index in [2.05, 4.69) is 5.32 Å². The third kappa shape index (κ3) is 3.37. The Labute approximate surface area is 139 Å². The van der Waals surface area contributed by atoms with Gasteiger partial charge in [0.25, 0.3) is 5.69 Å². The summed E-state index contributed by atoms with van der Waals surface area (Å²) >= 11 is 0. The highest BCUT2D eigenvalue weighted by Crippen LogP contribution is 2.47. The van der Waals surface area contributed by atoms with Crippen molar-refractivity contribution >= 4 is 11.6 Å². The number of nitrogens with zero attached hydrogens (tertiary/aromatic N) is 1. The second kappa shape index (κ2) is 6.70. The van der Waals surface area contributed by atoms with Crippen LogP contribution in [0.25, 0.3) is 0 Å². The van der Waals surface area contributed by atoms with Crippen molar-refractivity contribution in [3.63, 3.8) is 0 Å². The number of nitrogens with one attached hydrogen (secondary N) is 1. The summed E-state index contributed by atoms with van der Waals surface area (Å²) in [4.78, 5) is 22.8. The van der Waals surface area contributed by atoms with Gasteiger partial charge in [-0.2, -0.15) is 0 Å². The van der Waals surface area contributed by atoms with E-state index in [0.717, 1.165) is 17.7 Å². The molecule has 6 heteroatoms. The lowest BCUT2D eigenvalue weighted by molar-refractivity contribution is -0.385. The lowest BCUT2D eigenvalue weighted by Crippen LogP contribution is -2.25. The molecule has 1 aliphatic rings. The molecule has 1 amide bonds. The number of hydrogen-bond acceptors (Lipinski definition) is 4. The van der Waals surface area contributed by atoms with Gasteiger partial charge in [0.1, 0.15) is 5.75 Å². The van der Waals surface area contributed by atoms with Gasteiger partial charge in [-0.15, -0.1) is 0 Å². The smallest absolute Gasteiger partial charge is 0.274 e. The molecule has 0 bridgehead atoms. The molecular weight excluding hydrogens is 308 g/mol. The number of carbonyl (C=O) groups is 1. The van der Waals surface area contributed by atoms with Gasteiger partial charge < -0.3 is 10.1 Å². The molecule has 2 aromatic rings. The minimum absolute atomic E-state index is 0.0281. The van der Waals surface area contributed by atoms with Crippen LogP contribution in [0, 0.1) is 16.0 Å². The van der Waals surface area contributed by atoms with Crippen LogP contribution in [0.4, 0.5) is 5.69 Å². The quantitative estimate of drug-likeness (QED) is 0.653. The normalized spacial score (nSPS) is 18.7. The van der Waals surface area contributed by atoms with E-state index in [1.807, 2.05) is 24.3 Å². The number of nitro benzene ring substituents is 1. The maximum Gasteiger partial charge on any atom is 0.274 e. The summed E-state index contributed by atoms with van der Waals surface area (Å²) in [6.07, 6.45) is 0.801. The minimum atomic E-state index is -0.432. The molecule has 2 unspecified atom stereocenters. The largest absolute Gasteiger partial charge is 0.497 e. The lowest BCUT2D eigenvalue weighted by atomic mass is 10.1. The molecule has 1 aliphatic carbocycles. The highest BCUT2D eigenvalue weighted by Gasteiger charge is 2.43. The number of para-hydroxylation sites is 1. The third-order valence-electron chi connectivity index (χ3n) is 4.31. The van der Waals surface area contributed by atoms with Crippen molar-refractivity contribution in [3.05, 3.63) is 69.8 Å². The van der Waals surface area contributed by atoms with Gasteiger partial charge in [0.05, 0.1) is 12.0 Å². The molecular formula is C18H18N2O4. The summed E-state index contributed by atoms with van der Waals surface area (Å²) in [7, 11) is 1.62. The first-order valence-corrected chi connectivity index (χ1v) is 7.74. The molecule has 2 aromatic carbocycles. The molecule has 1 saturated carbocycles. The van der Waals surface area contributed by atoms with Crippen LogP contribution in [0.2, 0.25) is 0 Å². The first kappa shape index (κ1) is 16.0. The van der Waals surface area contributed by atoms with Crippen molar-refractivity contribution in [2.45, 2.75) is 18.9 Å². The Morgan fingerprint density at radius 1 is 1.25 bits per heavy atom. The van der Waals surface area contributed by atoms with E-state index in [0.29, 0.717) is 5.56 Å². The molecule has 0 aromatic heterocycles. The number of carbonyl (C=O) groups excluding carboxylic acids is 1. The fourth-order valence-electron chi connectivity index (χ4n) is 2.86. The number of hydrogen-bond donors (Lipinski definition) is 1. The summed E-state index contributed by atoms with van der Waals surface area (Å²) in [6.45, 7) is 0.168. The van der Waals surface area contributed by atoms with Crippen molar-refractivity contribution in [2.75, 3.05) is 7.11 Å². The van der Waals surface area contributed by atoms with Crippen molar-refractivity contribution in [1.82, 2.24) is 5.32 Å². The molecule has 0 radical (unpaired) electrons. The number of rotatable bonds is 6. The van der Waals surface area contributed by atoms with E-state index in [9.17, 15) is 14.9 Å². The molecule has 3 rings (SSSR count). The van der Waals surface area contributed by atoms with E-state index in [4.69, 9.17) is 4.74 Å². The number of methoxy groups -OCH3 is 1. The standard InChI is InChI=1S/C18H18N2O4/c1-24-14-8-6-12(7-9-14)15-10-16(15)18(21)19-11-13-4-2-3-5-17(13)20(22)23/h2-9,15-16H,10-11H2,1H3,(H,19,21). The summed E-state index contributed by atoms with van der Waals surface area (Å²) in [5.74, 6) is 0.869. The fourth-order valence-corrected chi connectivity index (χ4v) is 2.86. The predicted molar refractivity (Wildman–Crippen MR) is 88.8 cm³/mol. The molecule has 2 atom stereocenters. The van der Waals surface area contributed by atoms with E-state index >= 15 is 0 Å². The number of nitro groups is 1. The fraction of sp³-hybridized carbons (Fsp3) is 0.278. The Kier molecular flexibility index (Phi) is 4.46. The van der Waals surface area contributed by atoms with Crippen LogP contribution in [-0.4, -0.2) is 17.9 Å². The SMILES string of the molecule is COc1ccc(C2CC2C(=O)NCc2ccccc2[N+](=O)[O-])cc1. The van der Waals surface area contributed by atoms with Crippen LogP contribution in [0.3, 0.4) is 0 Å². The van der Waals surface area contributed by atoms with Crippen molar-refractivity contribution < 1.29 is 14.5 Å². The van der Waals surface area contributed by atoms with Gasteiger partial charge in [-0.1, -0.05) is 30.3 Å². The summed E-state index contributed by atoms with van der Waals surface area (Å²) in [5.41, 5.74) is 1.65. The van der Waals surface area contributed by atoms with Gasteiger partial charge in [0.2, 0.25) is 5.91 Å². The molecule has 0 spiro atoms. The maximum absolute atomic E-state index is 12.3. The molecule has 0 saturated heterocycles. The first-order valence-electron chi connectivity index (χ1n) is 7.74. The van der Waals surface area contributed by atoms with E-state index in [-0.39, 0.29) is 30.0 Å². The summed E-state index contributed by atoms with van der Waals surface area (Å²) in [5, 5.41) is 13.8. The second-order valence-electron chi connectivity index (χ2n) is 5.83. The van der Waals surface area contributed by atoms with Gasteiger partial charge in [0.15, 0.2) is 0 Å². The third-order valence-corrected chi connectivity index (χ3v) is 4.31. The van der Waals surface area contributed by atoms with Gasteiger partial charge in [-0.25, -0.2) is 0 Å². The van der Waals surface area contributed by atoms with Crippen LogP contribution < -0.4 is 10.1 Å². The van der Waals surface area contributed by atoms with Gasteiger partial charge in [-0.3, -0.25) is 14.9 Å². The van der Waals surface area contributed by atoms with E-state index in [1.54, 1.807) is 25.3 Å². The zero-order valence-corrected chi connectivity index (χ0v) is 13.3. The zero-order chi connectivity index (χ0) is 17.1. The Morgan fingerprint density at radius 2 is 1.96 bits per heavy atom. The van der Waals surface area contributed by atoms with E-state index < -0.39 is 4.92 Å². The number of amides is 1. The molecule has 124 valence electrons. The van der Waals surface area contributed by atoms with Gasteiger partial charge in [-0.05, 0) is 30.0 Å². The molecule has 0 aliphatic heterocycles. The Bertz CT molecular complexity index is 758.